The Labute approximate surface area is 152 Å². The molecule has 0 spiro atoms. The average molecular weight is 353 g/mol. The molecule has 3 aromatic rings. The number of tetrazole rings is 1. The van der Waals surface area contributed by atoms with Crippen LogP contribution in [-0.4, -0.2) is 34.4 Å². The Hall–Kier alpha value is -3.09. The molecule has 1 heterocycles. The van der Waals surface area contributed by atoms with E-state index in [9.17, 15) is 0 Å². The van der Waals surface area contributed by atoms with Gasteiger partial charge in [-0.3, -0.25) is 0 Å². The highest BCUT2D eigenvalue weighted by Crippen LogP contribution is 2.32. The maximum absolute atomic E-state index is 5.40. The zero-order valence-corrected chi connectivity index (χ0v) is 15.4. The van der Waals surface area contributed by atoms with Gasteiger partial charge in [0.05, 0.1) is 25.4 Å². The smallest absolute Gasteiger partial charge is 0.181 e. The fourth-order valence-corrected chi connectivity index (χ4v) is 2.80. The van der Waals surface area contributed by atoms with Crippen molar-refractivity contribution in [2.24, 2.45) is 0 Å². The lowest BCUT2D eigenvalue weighted by atomic mass is 9.97. The van der Waals surface area contributed by atoms with Gasteiger partial charge in [-0.1, -0.05) is 25.1 Å². The number of para-hydroxylation sites is 1. The summed E-state index contributed by atoms with van der Waals surface area (Å²) < 4.78 is 12.4. The van der Waals surface area contributed by atoms with Crippen LogP contribution in [0.4, 0.5) is 5.69 Å². The topological polar surface area (TPSA) is 74.1 Å². The molecule has 136 valence electrons. The lowest BCUT2D eigenvalue weighted by Gasteiger charge is -2.29. The Balaban J connectivity index is 2.01. The van der Waals surface area contributed by atoms with Crippen molar-refractivity contribution in [2.45, 2.75) is 25.8 Å². The van der Waals surface area contributed by atoms with Crippen molar-refractivity contribution in [1.29, 1.82) is 0 Å². The number of hydrogen-bond donors (Lipinski definition) is 1. The van der Waals surface area contributed by atoms with E-state index in [0.29, 0.717) is 11.5 Å². The van der Waals surface area contributed by atoms with E-state index >= 15 is 0 Å². The molecule has 0 radical (unpaired) electrons. The molecule has 2 aromatic carbocycles. The summed E-state index contributed by atoms with van der Waals surface area (Å²) >= 11 is 0. The average Bonchev–Trinajstić information content (AvgIpc) is 3.18. The van der Waals surface area contributed by atoms with Crippen molar-refractivity contribution >= 4 is 5.69 Å². The summed E-state index contributed by atoms with van der Waals surface area (Å²) in [5.41, 5.74) is 1.37. The molecular formula is C19H23N5O2. The Morgan fingerprint density at radius 2 is 1.77 bits per heavy atom. The van der Waals surface area contributed by atoms with Crippen molar-refractivity contribution in [3.63, 3.8) is 0 Å². The van der Waals surface area contributed by atoms with E-state index in [1.54, 1.807) is 18.9 Å². The summed E-state index contributed by atoms with van der Waals surface area (Å²) in [7, 11) is 3.22. The second kappa shape index (κ2) is 7.43. The lowest BCUT2D eigenvalue weighted by Crippen LogP contribution is -2.34. The molecule has 0 saturated carbocycles. The number of hydrogen-bond acceptors (Lipinski definition) is 6. The van der Waals surface area contributed by atoms with E-state index in [2.05, 4.69) is 34.7 Å². The van der Waals surface area contributed by atoms with E-state index in [-0.39, 0.29) is 0 Å². The summed E-state index contributed by atoms with van der Waals surface area (Å²) in [6.45, 7) is 4.19. The highest BCUT2D eigenvalue weighted by molar-refractivity contribution is 5.50. The minimum absolute atomic E-state index is 0.446. The monoisotopic (exact) mass is 353 g/mol. The highest BCUT2D eigenvalue weighted by atomic mass is 16.5. The van der Waals surface area contributed by atoms with Crippen LogP contribution in [0.15, 0.2) is 48.5 Å². The highest BCUT2D eigenvalue weighted by Gasteiger charge is 2.31. The Morgan fingerprint density at radius 3 is 2.42 bits per heavy atom. The number of anilines is 1. The van der Waals surface area contributed by atoms with Crippen LogP contribution in [0.3, 0.4) is 0 Å². The zero-order chi connectivity index (χ0) is 18.6. The molecule has 0 aliphatic heterocycles. The SMILES string of the molecule is CC[C@@](C)(Nc1ccccc1)c1nnnn1-c1ccc(OC)c(OC)c1. The molecule has 0 aliphatic carbocycles. The zero-order valence-electron chi connectivity index (χ0n) is 15.4. The molecule has 7 heteroatoms. The second-order valence-corrected chi connectivity index (χ2v) is 6.13. The van der Waals surface area contributed by atoms with E-state index in [0.717, 1.165) is 23.6 Å². The van der Waals surface area contributed by atoms with Gasteiger partial charge in [-0.15, -0.1) is 5.10 Å². The molecule has 1 aromatic heterocycles. The fraction of sp³-hybridized carbons (Fsp3) is 0.316. The van der Waals surface area contributed by atoms with Crippen LogP contribution in [0.1, 0.15) is 26.1 Å². The molecule has 0 amide bonds. The lowest BCUT2D eigenvalue weighted by molar-refractivity contribution is 0.354. The van der Waals surface area contributed by atoms with Gasteiger partial charge in [0.25, 0.3) is 0 Å². The number of aromatic nitrogens is 4. The Morgan fingerprint density at radius 1 is 1.04 bits per heavy atom. The van der Waals surface area contributed by atoms with Crippen LogP contribution in [0.25, 0.3) is 5.69 Å². The molecule has 0 bridgehead atoms. The number of nitrogens with zero attached hydrogens (tertiary/aromatic N) is 4. The van der Waals surface area contributed by atoms with Gasteiger partial charge in [0, 0.05) is 11.8 Å². The van der Waals surface area contributed by atoms with E-state index in [1.165, 1.54) is 0 Å². The van der Waals surface area contributed by atoms with E-state index < -0.39 is 5.54 Å². The number of rotatable bonds is 7. The van der Waals surface area contributed by atoms with E-state index in [1.807, 2.05) is 48.5 Å². The third-order valence-electron chi connectivity index (χ3n) is 4.48. The van der Waals surface area contributed by atoms with Gasteiger partial charge in [0.2, 0.25) is 0 Å². The molecule has 1 N–H and O–H groups in total. The van der Waals surface area contributed by atoms with Crippen molar-refractivity contribution in [2.75, 3.05) is 19.5 Å². The van der Waals surface area contributed by atoms with Crippen LogP contribution in [-0.2, 0) is 5.54 Å². The maximum atomic E-state index is 5.40. The largest absolute Gasteiger partial charge is 0.493 e. The summed E-state index contributed by atoms with van der Waals surface area (Å²) in [4.78, 5) is 0. The minimum atomic E-state index is -0.446. The second-order valence-electron chi connectivity index (χ2n) is 6.13. The first-order chi connectivity index (χ1) is 12.6. The molecule has 7 nitrogen and oxygen atoms in total. The minimum Gasteiger partial charge on any atom is -0.493 e. The van der Waals surface area contributed by atoms with Crippen molar-refractivity contribution in [3.05, 3.63) is 54.4 Å². The summed E-state index contributed by atoms with van der Waals surface area (Å²) in [6, 6.07) is 15.6. The number of nitrogens with one attached hydrogen (secondary N) is 1. The van der Waals surface area contributed by atoms with Crippen LogP contribution >= 0.6 is 0 Å². The molecule has 0 aliphatic rings. The van der Waals surface area contributed by atoms with Crippen molar-refractivity contribution < 1.29 is 9.47 Å². The molecule has 0 unspecified atom stereocenters. The maximum Gasteiger partial charge on any atom is 0.181 e. The van der Waals surface area contributed by atoms with Gasteiger partial charge < -0.3 is 14.8 Å². The normalized spacial score (nSPS) is 13.1. The Bertz CT molecular complexity index is 865. The molecular weight excluding hydrogens is 330 g/mol. The van der Waals surface area contributed by atoms with Gasteiger partial charge in [-0.05, 0) is 48.0 Å². The molecule has 1 atom stereocenters. The summed E-state index contributed by atoms with van der Waals surface area (Å²) in [6.07, 6.45) is 0.801. The van der Waals surface area contributed by atoms with Crippen molar-refractivity contribution in [1.82, 2.24) is 20.2 Å². The molecule has 26 heavy (non-hydrogen) atoms. The van der Waals surface area contributed by atoms with Crippen LogP contribution in [0.2, 0.25) is 0 Å². The molecule has 3 rings (SSSR count). The third-order valence-corrected chi connectivity index (χ3v) is 4.48. The van der Waals surface area contributed by atoms with E-state index in [4.69, 9.17) is 9.47 Å². The number of ether oxygens (including phenoxy) is 2. The molecule has 0 fully saturated rings. The first-order valence-electron chi connectivity index (χ1n) is 8.45. The van der Waals surface area contributed by atoms with Gasteiger partial charge in [-0.2, -0.15) is 4.68 Å². The first kappa shape index (κ1) is 17.7. The molecule has 0 saturated heterocycles. The van der Waals surface area contributed by atoms with Gasteiger partial charge >= 0.3 is 0 Å². The first-order valence-corrected chi connectivity index (χ1v) is 8.45. The van der Waals surface area contributed by atoms with Gasteiger partial charge in [0.1, 0.15) is 0 Å². The van der Waals surface area contributed by atoms with Crippen LogP contribution in [0.5, 0.6) is 11.5 Å². The number of methoxy groups -OCH3 is 2. The van der Waals surface area contributed by atoms with Gasteiger partial charge in [-0.25, -0.2) is 0 Å². The third kappa shape index (κ3) is 3.33. The fourth-order valence-electron chi connectivity index (χ4n) is 2.80. The predicted octanol–water partition coefficient (Wildman–Crippen LogP) is 3.42. The quantitative estimate of drug-likeness (QED) is 0.701. The Kier molecular flexibility index (Phi) is 5.06. The van der Waals surface area contributed by atoms with Crippen LogP contribution in [0, 0.1) is 0 Å². The predicted molar refractivity (Wildman–Crippen MR) is 100.0 cm³/mol. The van der Waals surface area contributed by atoms with Crippen LogP contribution < -0.4 is 14.8 Å². The number of benzene rings is 2. The summed E-state index contributed by atoms with van der Waals surface area (Å²) in [5.74, 6) is 2.00. The van der Waals surface area contributed by atoms with Crippen molar-refractivity contribution in [3.8, 4) is 17.2 Å². The van der Waals surface area contributed by atoms with Gasteiger partial charge in [0.15, 0.2) is 17.3 Å². The standard InChI is InChI=1S/C19H23N5O2/c1-5-19(2,20-14-9-7-6-8-10-14)18-21-22-23-24(18)15-11-12-16(25-3)17(13-15)26-4/h6-13,20H,5H2,1-4H3/t19-/m1/s1. The summed E-state index contributed by atoms with van der Waals surface area (Å²) in [5, 5.41) is 15.9.